The molecule has 0 saturated carbocycles. The number of benzene rings is 2. The maximum absolute atomic E-state index is 13.3. The molecule has 6 heteroatoms. The molecule has 2 aromatic rings. The number of rotatable bonds is 11. The minimum absolute atomic E-state index is 0.285. The van der Waals surface area contributed by atoms with Gasteiger partial charge in [0.05, 0.1) is 5.56 Å². The number of esters is 1. The molecule has 0 aliphatic carbocycles. The van der Waals surface area contributed by atoms with E-state index in [1.807, 2.05) is 6.92 Å². The van der Waals surface area contributed by atoms with Crippen molar-refractivity contribution in [3.63, 3.8) is 0 Å². The topological polar surface area (TPSA) is 55.4 Å². The first-order valence-corrected chi connectivity index (χ1v) is 11.6. The van der Waals surface area contributed by atoms with E-state index in [2.05, 4.69) is 33.0 Å². The number of halogens is 2. The number of carbonyl (C=O) groups is 2. The first-order valence-electron chi connectivity index (χ1n) is 11.6. The summed E-state index contributed by atoms with van der Waals surface area (Å²) in [5.41, 5.74) is 0.159. The minimum atomic E-state index is -0.511. The van der Waals surface area contributed by atoms with Crippen LogP contribution in [0.1, 0.15) is 74.6 Å². The van der Waals surface area contributed by atoms with Crippen LogP contribution in [0.15, 0.2) is 48.5 Å². The number of amides is 1. The second-order valence-corrected chi connectivity index (χ2v) is 9.56. The highest BCUT2D eigenvalue weighted by molar-refractivity contribution is 5.94. The van der Waals surface area contributed by atoms with Gasteiger partial charge in [-0.2, -0.15) is 0 Å². The van der Waals surface area contributed by atoms with Crippen LogP contribution in [0.3, 0.4) is 0 Å². The molecule has 180 valence electrons. The van der Waals surface area contributed by atoms with Crippen LogP contribution >= 0.6 is 0 Å². The number of hydrogen-bond acceptors (Lipinski definition) is 3. The van der Waals surface area contributed by atoms with Gasteiger partial charge in [-0.3, -0.25) is 4.79 Å². The van der Waals surface area contributed by atoms with Crippen molar-refractivity contribution < 1.29 is 23.1 Å². The van der Waals surface area contributed by atoms with Gasteiger partial charge in [0.15, 0.2) is 0 Å². The van der Waals surface area contributed by atoms with Crippen LogP contribution in [0.5, 0.6) is 0 Å². The molecule has 0 bridgehead atoms. The fourth-order valence-corrected chi connectivity index (χ4v) is 4.61. The standard InChI is InChI=1S/C27H35F2NO3/c1-6-24(33-26(32)21-9-13-23(29)14-10-21)27(15-18(2)3,16-19(4)5)17-30-25(31)20-7-11-22(28)12-8-20/h7-14,18-19,24H,6,15-17H2,1-5H3,(H,30,31). The third kappa shape index (κ3) is 7.65. The number of nitrogens with one attached hydrogen (secondary N) is 1. The van der Waals surface area contributed by atoms with Gasteiger partial charge in [0.1, 0.15) is 17.7 Å². The summed E-state index contributed by atoms with van der Waals surface area (Å²) in [6.45, 7) is 10.7. The summed E-state index contributed by atoms with van der Waals surface area (Å²) in [7, 11) is 0. The minimum Gasteiger partial charge on any atom is -0.458 e. The Morgan fingerprint density at radius 1 is 0.848 bits per heavy atom. The third-order valence-corrected chi connectivity index (χ3v) is 5.72. The van der Waals surface area contributed by atoms with Crippen molar-refractivity contribution in [2.45, 2.75) is 60.0 Å². The highest BCUT2D eigenvalue weighted by atomic mass is 19.1. The summed E-state index contributed by atoms with van der Waals surface area (Å²) in [4.78, 5) is 25.7. The predicted octanol–water partition coefficient (Wildman–Crippen LogP) is 6.41. The lowest BCUT2D eigenvalue weighted by Gasteiger charge is -2.42. The monoisotopic (exact) mass is 459 g/mol. The van der Waals surface area contributed by atoms with Crippen molar-refractivity contribution in [1.82, 2.24) is 5.32 Å². The summed E-state index contributed by atoms with van der Waals surface area (Å²) < 4.78 is 32.5. The molecule has 0 fully saturated rings. The lowest BCUT2D eigenvalue weighted by Crippen LogP contribution is -2.48. The van der Waals surface area contributed by atoms with Crippen molar-refractivity contribution in [3.05, 3.63) is 71.3 Å². The van der Waals surface area contributed by atoms with Gasteiger partial charge in [0, 0.05) is 17.5 Å². The lowest BCUT2D eigenvalue weighted by atomic mass is 9.69. The van der Waals surface area contributed by atoms with E-state index >= 15 is 0 Å². The Hall–Kier alpha value is -2.76. The first kappa shape index (κ1) is 26.5. The van der Waals surface area contributed by atoms with Crippen LogP contribution in [0.2, 0.25) is 0 Å². The Morgan fingerprint density at radius 3 is 1.73 bits per heavy atom. The summed E-state index contributed by atoms with van der Waals surface area (Å²) in [5, 5.41) is 3.00. The van der Waals surface area contributed by atoms with Gasteiger partial charge in [-0.1, -0.05) is 34.6 Å². The molecule has 0 aliphatic rings. The van der Waals surface area contributed by atoms with Crippen LogP contribution in [0.4, 0.5) is 8.78 Å². The highest BCUT2D eigenvalue weighted by Crippen LogP contribution is 2.40. The van der Waals surface area contributed by atoms with Crippen molar-refractivity contribution in [2.75, 3.05) is 6.54 Å². The number of hydrogen-bond donors (Lipinski definition) is 1. The fourth-order valence-electron chi connectivity index (χ4n) is 4.61. The molecule has 1 unspecified atom stereocenters. The van der Waals surface area contributed by atoms with Crippen molar-refractivity contribution >= 4 is 11.9 Å². The van der Waals surface area contributed by atoms with E-state index in [0.717, 1.165) is 12.8 Å². The van der Waals surface area contributed by atoms with Gasteiger partial charge in [0.2, 0.25) is 0 Å². The molecule has 0 spiro atoms. The van der Waals surface area contributed by atoms with Crippen LogP contribution in [0.25, 0.3) is 0 Å². The van der Waals surface area contributed by atoms with Crippen LogP contribution in [0, 0.1) is 28.9 Å². The van der Waals surface area contributed by atoms with Gasteiger partial charge in [-0.15, -0.1) is 0 Å². The Morgan fingerprint density at radius 2 is 1.30 bits per heavy atom. The van der Waals surface area contributed by atoms with Gasteiger partial charge >= 0.3 is 5.97 Å². The summed E-state index contributed by atoms with van der Waals surface area (Å²) in [6, 6.07) is 10.7. The largest absolute Gasteiger partial charge is 0.458 e. The molecule has 2 aromatic carbocycles. The summed E-state index contributed by atoms with van der Waals surface area (Å²) >= 11 is 0. The smallest absolute Gasteiger partial charge is 0.338 e. The Bertz CT molecular complexity index is 898. The van der Waals surface area contributed by atoms with E-state index < -0.39 is 29.1 Å². The second kappa shape index (κ2) is 11.9. The molecular formula is C27H35F2NO3. The maximum Gasteiger partial charge on any atom is 0.338 e. The number of carbonyl (C=O) groups excluding carboxylic acids is 2. The van der Waals surface area contributed by atoms with Crippen molar-refractivity contribution in [3.8, 4) is 0 Å². The molecule has 0 radical (unpaired) electrons. The van der Waals surface area contributed by atoms with Crippen LogP contribution < -0.4 is 5.32 Å². The van der Waals surface area contributed by atoms with E-state index in [0.29, 0.717) is 30.4 Å². The Kier molecular flexibility index (Phi) is 9.56. The molecule has 1 N–H and O–H groups in total. The van der Waals surface area contributed by atoms with E-state index in [1.54, 1.807) is 0 Å². The molecule has 0 heterocycles. The SMILES string of the molecule is CCC(OC(=O)c1ccc(F)cc1)C(CNC(=O)c1ccc(F)cc1)(CC(C)C)CC(C)C. The molecule has 2 rings (SSSR count). The first-order chi connectivity index (χ1) is 15.6. The fraction of sp³-hybridized carbons (Fsp3) is 0.481. The zero-order valence-corrected chi connectivity index (χ0v) is 20.2. The average Bonchev–Trinajstić information content (AvgIpc) is 2.75. The van der Waals surface area contributed by atoms with Crippen LogP contribution in [-0.2, 0) is 4.74 Å². The Labute approximate surface area is 195 Å². The van der Waals surface area contributed by atoms with Crippen LogP contribution in [-0.4, -0.2) is 24.5 Å². The molecule has 4 nitrogen and oxygen atoms in total. The van der Waals surface area contributed by atoms with Crippen molar-refractivity contribution in [2.24, 2.45) is 17.3 Å². The third-order valence-electron chi connectivity index (χ3n) is 5.72. The lowest BCUT2D eigenvalue weighted by molar-refractivity contribution is -0.0373. The second-order valence-electron chi connectivity index (χ2n) is 9.56. The van der Waals surface area contributed by atoms with Crippen molar-refractivity contribution in [1.29, 1.82) is 0 Å². The van der Waals surface area contributed by atoms with E-state index in [4.69, 9.17) is 4.74 Å². The molecule has 0 saturated heterocycles. The predicted molar refractivity (Wildman–Crippen MR) is 126 cm³/mol. The Balaban J connectivity index is 2.31. The normalized spacial score (nSPS) is 12.6. The highest BCUT2D eigenvalue weighted by Gasteiger charge is 2.42. The van der Waals surface area contributed by atoms with Gasteiger partial charge in [0.25, 0.3) is 5.91 Å². The van der Waals surface area contributed by atoms with E-state index in [1.165, 1.54) is 48.5 Å². The molecule has 1 amide bonds. The molecule has 1 atom stereocenters. The van der Waals surface area contributed by atoms with E-state index in [-0.39, 0.29) is 11.5 Å². The summed E-state index contributed by atoms with van der Waals surface area (Å²) in [5.74, 6) is -1.04. The van der Waals surface area contributed by atoms with Gasteiger partial charge < -0.3 is 10.1 Å². The summed E-state index contributed by atoms with van der Waals surface area (Å²) in [6.07, 6.45) is 1.60. The molecule has 33 heavy (non-hydrogen) atoms. The van der Waals surface area contributed by atoms with Gasteiger partial charge in [-0.25, -0.2) is 13.6 Å². The zero-order chi connectivity index (χ0) is 24.6. The maximum atomic E-state index is 13.3. The molecular weight excluding hydrogens is 424 g/mol. The molecule has 0 aliphatic heterocycles. The quantitative estimate of drug-likeness (QED) is 0.395. The zero-order valence-electron chi connectivity index (χ0n) is 20.2. The molecule has 0 aromatic heterocycles. The average molecular weight is 460 g/mol. The van der Waals surface area contributed by atoms with E-state index in [9.17, 15) is 18.4 Å². The van der Waals surface area contributed by atoms with Gasteiger partial charge in [-0.05, 0) is 79.6 Å². The number of ether oxygens (including phenoxy) is 1.